The molecule has 0 aliphatic heterocycles. The van der Waals surface area contributed by atoms with Crippen molar-refractivity contribution in [3.63, 3.8) is 0 Å². The van der Waals surface area contributed by atoms with Crippen molar-refractivity contribution in [2.24, 2.45) is 11.7 Å². The van der Waals surface area contributed by atoms with E-state index in [9.17, 15) is 4.79 Å². The fourth-order valence-electron chi connectivity index (χ4n) is 2.66. The summed E-state index contributed by atoms with van der Waals surface area (Å²) in [6.45, 7) is 6.91. The molecule has 0 spiro atoms. The normalized spacial score (nSPS) is 17.4. The number of aryl methyl sites for hydroxylation is 2. The number of nitrogens with two attached hydrogens (primary N) is 1. The third kappa shape index (κ3) is 3.31. The van der Waals surface area contributed by atoms with Gasteiger partial charge in [-0.3, -0.25) is 4.79 Å². The highest BCUT2D eigenvalue weighted by Crippen LogP contribution is 2.38. The molecule has 4 heteroatoms. The summed E-state index contributed by atoms with van der Waals surface area (Å²) in [5.41, 5.74) is 8.92. The van der Waals surface area contributed by atoms with Crippen molar-refractivity contribution in [2.75, 3.05) is 18.4 Å². The average Bonchev–Trinajstić information content (AvgIpc) is 3.22. The van der Waals surface area contributed by atoms with Crippen LogP contribution in [0, 0.1) is 19.8 Å². The lowest BCUT2D eigenvalue weighted by molar-refractivity contribution is -0.121. The Morgan fingerprint density at radius 2 is 1.95 bits per heavy atom. The van der Waals surface area contributed by atoms with Gasteiger partial charge in [-0.05, 0) is 50.7 Å². The lowest BCUT2D eigenvalue weighted by atomic mass is 9.96. The highest BCUT2D eigenvalue weighted by Gasteiger charge is 2.41. The van der Waals surface area contributed by atoms with Gasteiger partial charge in [-0.15, -0.1) is 0 Å². The second-order valence-corrected chi connectivity index (χ2v) is 6.06. The van der Waals surface area contributed by atoms with E-state index in [-0.39, 0.29) is 18.0 Å². The van der Waals surface area contributed by atoms with Crippen molar-refractivity contribution in [2.45, 2.75) is 39.2 Å². The zero-order valence-corrected chi connectivity index (χ0v) is 12.6. The second-order valence-electron chi connectivity index (χ2n) is 6.06. The number of hydrogen-bond donors (Lipinski definition) is 3. The zero-order chi connectivity index (χ0) is 14.8. The van der Waals surface area contributed by atoms with Crippen LogP contribution in [-0.2, 0) is 4.79 Å². The summed E-state index contributed by atoms with van der Waals surface area (Å²) >= 11 is 0. The van der Waals surface area contributed by atoms with E-state index < -0.39 is 0 Å². The molecule has 4 N–H and O–H groups in total. The summed E-state index contributed by atoms with van der Waals surface area (Å²) in [5.74, 6) is 0.546. The van der Waals surface area contributed by atoms with Crippen molar-refractivity contribution in [1.29, 1.82) is 0 Å². The van der Waals surface area contributed by atoms with Crippen molar-refractivity contribution in [1.82, 2.24) is 5.32 Å². The summed E-state index contributed by atoms with van der Waals surface area (Å²) in [5, 5.41) is 6.32. The maximum absolute atomic E-state index is 12.1. The maximum atomic E-state index is 12.1. The van der Waals surface area contributed by atoms with Crippen LogP contribution in [0.5, 0.6) is 0 Å². The summed E-state index contributed by atoms with van der Waals surface area (Å²) in [7, 11) is 0. The molecule has 110 valence electrons. The Kier molecular flexibility index (Phi) is 4.33. The number of hydrogen-bond acceptors (Lipinski definition) is 3. The molecule has 1 aliphatic carbocycles. The van der Waals surface area contributed by atoms with Crippen LogP contribution < -0.4 is 16.4 Å². The molecule has 1 saturated carbocycles. The number of para-hydroxylation sites is 1. The molecule has 0 radical (unpaired) electrons. The lowest BCUT2D eigenvalue weighted by Gasteiger charge is -2.29. The predicted molar refractivity (Wildman–Crippen MR) is 82.7 cm³/mol. The Hall–Kier alpha value is -1.55. The fourth-order valence-corrected chi connectivity index (χ4v) is 2.66. The summed E-state index contributed by atoms with van der Waals surface area (Å²) < 4.78 is 0. The van der Waals surface area contributed by atoms with Crippen LogP contribution >= 0.6 is 0 Å². The third-order valence-electron chi connectivity index (χ3n) is 4.23. The van der Waals surface area contributed by atoms with Crippen LogP contribution in [-0.4, -0.2) is 24.5 Å². The number of rotatable bonds is 6. The first-order valence-corrected chi connectivity index (χ1v) is 7.27. The number of carbonyl (C=O) groups is 1. The van der Waals surface area contributed by atoms with E-state index in [0.29, 0.717) is 12.5 Å². The van der Waals surface area contributed by atoms with Gasteiger partial charge < -0.3 is 16.4 Å². The molecular weight excluding hydrogens is 250 g/mol. The van der Waals surface area contributed by atoms with Gasteiger partial charge >= 0.3 is 0 Å². The van der Waals surface area contributed by atoms with Crippen LogP contribution in [0.25, 0.3) is 0 Å². The Morgan fingerprint density at radius 1 is 1.35 bits per heavy atom. The molecule has 1 amide bonds. The van der Waals surface area contributed by atoms with E-state index >= 15 is 0 Å². The SMILES string of the molecule is Cc1cccc(C)c1NCC(=O)NC(C)(CN)C1CC1. The highest BCUT2D eigenvalue weighted by atomic mass is 16.2. The smallest absolute Gasteiger partial charge is 0.239 e. The van der Waals surface area contributed by atoms with Gasteiger partial charge in [0.2, 0.25) is 5.91 Å². The Balaban J connectivity index is 1.92. The van der Waals surface area contributed by atoms with Crippen molar-refractivity contribution < 1.29 is 4.79 Å². The number of nitrogens with one attached hydrogen (secondary N) is 2. The fraction of sp³-hybridized carbons (Fsp3) is 0.562. The van der Waals surface area contributed by atoms with E-state index in [0.717, 1.165) is 29.7 Å². The summed E-state index contributed by atoms with van der Waals surface area (Å²) in [4.78, 5) is 12.1. The quantitative estimate of drug-likeness (QED) is 0.743. The molecule has 1 aliphatic rings. The molecular formula is C16H25N3O. The largest absolute Gasteiger partial charge is 0.376 e. The van der Waals surface area contributed by atoms with Crippen molar-refractivity contribution >= 4 is 11.6 Å². The minimum atomic E-state index is -0.250. The Morgan fingerprint density at radius 3 is 2.45 bits per heavy atom. The molecule has 0 saturated heterocycles. The number of amides is 1. The number of benzene rings is 1. The van der Waals surface area contributed by atoms with Gasteiger partial charge in [-0.2, -0.15) is 0 Å². The van der Waals surface area contributed by atoms with Gasteiger partial charge in [0.05, 0.1) is 12.1 Å². The van der Waals surface area contributed by atoms with Crippen LogP contribution in [0.15, 0.2) is 18.2 Å². The number of carbonyl (C=O) groups excluding carboxylic acids is 1. The monoisotopic (exact) mass is 275 g/mol. The molecule has 1 unspecified atom stereocenters. The zero-order valence-electron chi connectivity index (χ0n) is 12.6. The molecule has 20 heavy (non-hydrogen) atoms. The number of anilines is 1. The van der Waals surface area contributed by atoms with Crippen LogP contribution in [0.3, 0.4) is 0 Å². The first-order valence-electron chi connectivity index (χ1n) is 7.27. The second kappa shape index (κ2) is 5.83. The first kappa shape index (κ1) is 14.9. The van der Waals surface area contributed by atoms with E-state index in [1.165, 1.54) is 0 Å². The summed E-state index contributed by atoms with van der Waals surface area (Å²) in [6.07, 6.45) is 2.33. The molecule has 4 nitrogen and oxygen atoms in total. The third-order valence-corrected chi connectivity index (χ3v) is 4.23. The maximum Gasteiger partial charge on any atom is 0.239 e. The molecule has 0 bridgehead atoms. The van der Waals surface area contributed by atoms with E-state index in [1.54, 1.807) is 0 Å². The minimum absolute atomic E-state index is 0.00695. The van der Waals surface area contributed by atoms with Crippen LogP contribution in [0.1, 0.15) is 30.9 Å². The van der Waals surface area contributed by atoms with Gasteiger partial charge in [0.25, 0.3) is 0 Å². The van der Waals surface area contributed by atoms with E-state index in [4.69, 9.17) is 5.73 Å². The molecule has 1 aromatic rings. The average molecular weight is 275 g/mol. The molecule has 1 fully saturated rings. The Bertz CT molecular complexity index is 476. The lowest BCUT2D eigenvalue weighted by Crippen LogP contribution is -2.54. The van der Waals surface area contributed by atoms with Crippen LogP contribution in [0.2, 0.25) is 0 Å². The first-order chi connectivity index (χ1) is 9.46. The van der Waals surface area contributed by atoms with E-state index in [2.05, 4.69) is 10.6 Å². The standard InChI is InChI=1S/C16H25N3O/c1-11-5-4-6-12(2)15(11)18-9-14(20)19-16(3,10-17)13-7-8-13/h4-6,13,18H,7-10,17H2,1-3H3,(H,19,20). The van der Waals surface area contributed by atoms with Gasteiger partial charge in [0.15, 0.2) is 0 Å². The van der Waals surface area contributed by atoms with Gasteiger partial charge in [-0.25, -0.2) is 0 Å². The molecule has 0 aromatic heterocycles. The van der Waals surface area contributed by atoms with Gasteiger partial charge in [0, 0.05) is 12.2 Å². The van der Waals surface area contributed by atoms with Crippen molar-refractivity contribution in [3.8, 4) is 0 Å². The predicted octanol–water partition coefficient (Wildman–Crippen LogP) is 1.96. The van der Waals surface area contributed by atoms with Gasteiger partial charge in [0.1, 0.15) is 0 Å². The molecule has 1 aromatic carbocycles. The Labute approximate surface area is 121 Å². The highest BCUT2D eigenvalue weighted by molar-refractivity contribution is 5.82. The summed E-state index contributed by atoms with van der Waals surface area (Å²) in [6, 6.07) is 6.11. The molecule has 2 rings (SSSR count). The minimum Gasteiger partial charge on any atom is -0.376 e. The van der Waals surface area contributed by atoms with Gasteiger partial charge in [-0.1, -0.05) is 18.2 Å². The van der Waals surface area contributed by atoms with E-state index in [1.807, 2.05) is 39.0 Å². The van der Waals surface area contributed by atoms with Crippen molar-refractivity contribution in [3.05, 3.63) is 29.3 Å². The topological polar surface area (TPSA) is 67.2 Å². The molecule has 0 heterocycles. The molecule has 1 atom stereocenters. The van der Waals surface area contributed by atoms with Crippen LogP contribution in [0.4, 0.5) is 5.69 Å².